The van der Waals surface area contributed by atoms with E-state index in [0.29, 0.717) is 5.41 Å². The fraction of sp³-hybridized carbons (Fsp3) is 0.917. The minimum Gasteiger partial charge on any atom is -0.0620 e. The van der Waals surface area contributed by atoms with Crippen molar-refractivity contribution in [1.82, 2.24) is 0 Å². The molecule has 2 aliphatic rings. The molecule has 0 aromatic rings. The zero-order valence-electron chi connectivity index (χ0n) is 8.64. The predicted molar refractivity (Wildman–Crippen MR) is 52.7 cm³/mol. The number of rotatable bonds is 0. The molecule has 0 amide bonds. The van der Waals surface area contributed by atoms with Gasteiger partial charge in [-0.25, -0.2) is 0 Å². The molecule has 0 N–H and O–H groups in total. The first-order valence-electron chi connectivity index (χ1n) is 5.43. The van der Waals surface area contributed by atoms with Crippen LogP contribution in [-0.2, 0) is 0 Å². The van der Waals surface area contributed by atoms with Crippen LogP contribution in [0.15, 0.2) is 0 Å². The summed E-state index contributed by atoms with van der Waals surface area (Å²) < 4.78 is 0. The van der Waals surface area contributed by atoms with Crippen LogP contribution in [-0.4, -0.2) is 0 Å². The van der Waals surface area contributed by atoms with E-state index in [2.05, 4.69) is 27.2 Å². The molecule has 3 atom stereocenters. The van der Waals surface area contributed by atoms with E-state index < -0.39 is 0 Å². The van der Waals surface area contributed by atoms with Gasteiger partial charge in [0.1, 0.15) is 0 Å². The largest absolute Gasteiger partial charge is 0.0620 e. The van der Waals surface area contributed by atoms with Gasteiger partial charge in [0, 0.05) is 0 Å². The molecule has 12 heavy (non-hydrogen) atoms. The minimum absolute atomic E-state index is 0.632. The van der Waals surface area contributed by atoms with Crippen LogP contribution in [0, 0.1) is 29.6 Å². The third-order valence-corrected chi connectivity index (χ3v) is 4.39. The maximum atomic E-state index is 2.57. The van der Waals surface area contributed by atoms with Crippen molar-refractivity contribution in [3.8, 4) is 0 Å². The Morgan fingerprint density at radius 3 is 2.83 bits per heavy atom. The number of hydrogen-bond acceptors (Lipinski definition) is 0. The molecule has 0 saturated heterocycles. The third-order valence-electron chi connectivity index (χ3n) is 4.39. The van der Waals surface area contributed by atoms with Gasteiger partial charge < -0.3 is 0 Å². The Hall–Kier alpha value is 0. The van der Waals surface area contributed by atoms with Crippen LogP contribution >= 0.6 is 0 Å². The Kier molecular flexibility index (Phi) is 1.97. The average molecular weight is 165 g/mol. The Labute approximate surface area is 76.7 Å². The Morgan fingerprint density at radius 2 is 2.08 bits per heavy atom. The van der Waals surface area contributed by atoms with Crippen LogP contribution in [0.3, 0.4) is 0 Å². The molecule has 0 heterocycles. The van der Waals surface area contributed by atoms with Crippen molar-refractivity contribution in [2.24, 2.45) is 23.2 Å². The van der Waals surface area contributed by atoms with E-state index in [-0.39, 0.29) is 0 Å². The molecule has 0 aromatic heterocycles. The van der Waals surface area contributed by atoms with E-state index in [0.717, 1.165) is 17.8 Å². The smallest absolute Gasteiger partial charge is 0.0326 e. The lowest BCUT2D eigenvalue weighted by molar-refractivity contribution is 0.0526. The normalized spacial score (nSPS) is 45.8. The van der Waals surface area contributed by atoms with Gasteiger partial charge in [0.05, 0.1) is 0 Å². The molecule has 2 rings (SSSR count). The van der Waals surface area contributed by atoms with E-state index in [1.807, 2.05) is 0 Å². The second kappa shape index (κ2) is 2.75. The molecular formula is C12H21. The lowest BCUT2D eigenvalue weighted by atomic mass is 9.58. The van der Waals surface area contributed by atoms with Gasteiger partial charge in [0.2, 0.25) is 0 Å². The summed E-state index contributed by atoms with van der Waals surface area (Å²) in [5.41, 5.74) is 0.632. The Bertz CT molecular complexity index is 169. The van der Waals surface area contributed by atoms with Gasteiger partial charge in [-0.05, 0) is 55.3 Å². The highest BCUT2D eigenvalue weighted by atomic mass is 14.5. The molecule has 2 saturated carbocycles. The van der Waals surface area contributed by atoms with Crippen molar-refractivity contribution >= 4 is 0 Å². The molecule has 0 aromatic carbocycles. The minimum atomic E-state index is 0.632. The summed E-state index contributed by atoms with van der Waals surface area (Å²) in [6, 6.07) is 0. The van der Waals surface area contributed by atoms with E-state index in [1.54, 1.807) is 0 Å². The van der Waals surface area contributed by atoms with Gasteiger partial charge >= 0.3 is 0 Å². The number of fused-ring (bicyclic) bond motifs is 2. The number of hydrogen-bond donors (Lipinski definition) is 0. The van der Waals surface area contributed by atoms with Crippen molar-refractivity contribution in [3.05, 3.63) is 6.42 Å². The first-order chi connectivity index (χ1) is 5.59. The quantitative estimate of drug-likeness (QED) is 0.513. The molecule has 0 heteroatoms. The van der Waals surface area contributed by atoms with Crippen LogP contribution in [0.1, 0.15) is 46.5 Å². The van der Waals surface area contributed by atoms with Gasteiger partial charge in [-0.1, -0.05) is 20.8 Å². The molecule has 69 valence electrons. The van der Waals surface area contributed by atoms with Crippen molar-refractivity contribution < 1.29 is 0 Å². The van der Waals surface area contributed by atoms with Gasteiger partial charge in [-0.3, -0.25) is 0 Å². The van der Waals surface area contributed by atoms with E-state index in [4.69, 9.17) is 0 Å². The Morgan fingerprint density at radius 1 is 1.33 bits per heavy atom. The maximum absolute atomic E-state index is 2.57. The third kappa shape index (κ3) is 1.30. The van der Waals surface area contributed by atoms with Gasteiger partial charge in [0.15, 0.2) is 0 Å². The molecule has 1 radical (unpaired) electrons. The second-order valence-corrected chi connectivity index (χ2v) is 5.55. The fourth-order valence-electron chi connectivity index (χ4n) is 3.03. The van der Waals surface area contributed by atoms with Crippen molar-refractivity contribution in [3.63, 3.8) is 0 Å². The summed E-state index contributed by atoms with van der Waals surface area (Å²) >= 11 is 0. The highest BCUT2D eigenvalue weighted by molar-refractivity contribution is 4.97. The monoisotopic (exact) mass is 165 g/mol. The summed E-state index contributed by atoms with van der Waals surface area (Å²) in [6.07, 6.45) is 8.39. The first-order valence-corrected chi connectivity index (χ1v) is 5.43. The first kappa shape index (κ1) is 8.59. The zero-order valence-corrected chi connectivity index (χ0v) is 8.64. The predicted octanol–water partition coefficient (Wildman–Crippen LogP) is 3.67. The molecule has 0 aliphatic heterocycles. The lowest BCUT2D eigenvalue weighted by Gasteiger charge is -2.48. The molecule has 2 bridgehead atoms. The van der Waals surface area contributed by atoms with Crippen LogP contribution in [0.2, 0.25) is 0 Å². The molecule has 2 fully saturated rings. The maximum Gasteiger partial charge on any atom is -0.0326 e. The van der Waals surface area contributed by atoms with E-state index in [1.165, 1.54) is 25.7 Å². The standard InChI is InChI=1S/C12H21/c1-9-4-5-11-8-10(9)6-7-12(11,2)3/h4,9-11H,5-8H2,1-3H3. The fourth-order valence-corrected chi connectivity index (χ4v) is 3.03. The van der Waals surface area contributed by atoms with Crippen LogP contribution in [0.4, 0.5) is 0 Å². The van der Waals surface area contributed by atoms with E-state index in [9.17, 15) is 0 Å². The lowest BCUT2D eigenvalue weighted by Crippen LogP contribution is -2.38. The molecular weight excluding hydrogens is 144 g/mol. The van der Waals surface area contributed by atoms with Crippen molar-refractivity contribution in [2.75, 3.05) is 0 Å². The summed E-state index contributed by atoms with van der Waals surface area (Å²) in [5, 5.41) is 0. The van der Waals surface area contributed by atoms with Gasteiger partial charge in [0.25, 0.3) is 0 Å². The van der Waals surface area contributed by atoms with Crippen LogP contribution in [0.5, 0.6) is 0 Å². The highest BCUT2D eigenvalue weighted by Crippen LogP contribution is 2.51. The van der Waals surface area contributed by atoms with E-state index >= 15 is 0 Å². The summed E-state index contributed by atoms with van der Waals surface area (Å²) in [6.45, 7) is 7.31. The molecule has 0 nitrogen and oxygen atoms in total. The summed E-state index contributed by atoms with van der Waals surface area (Å²) in [5.74, 6) is 2.92. The molecule has 0 spiro atoms. The zero-order chi connectivity index (χ0) is 8.77. The van der Waals surface area contributed by atoms with Crippen LogP contribution < -0.4 is 0 Å². The van der Waals surface area contributed by atoms with Crippen molar-refractivity contribution in [1.29, 1.82) is 0 Å². The SMILES string of the molecule is CC1[CH]CC2CC1CCC2(C)C. The molecule has 3 unspecified atom stereocenters. The summed E-state index contributed by atoms with van der Waals surface area (Å²) in [4.78, 5) is 0. The van der Waals surface area contributed by atoms with Gasteiger partial charge in [-0.2, -0.15) is 0 Å². The molecule has 2 aliphatic carbocycles. The van der Waals surface area contributed by atoms with Crippen LogP contribution in [0.25, 0.3) is 0 Å². The average Bonchev–Trinajstić information content (AvgIpc) is 2.02. The van der Waals surface area contributed by atoms with Crippen molar-refractivity contribution in [2.45, 2.75) is 46.5 Å². The topological polar surface area (TPSA) is 0 Å². The Balaban J connectivity index is 2.09. The highest BCUT2D eigenvalue weighted by Gasteiger charge is 2.40. The summed E-state index contributed by atoms with van der Waals surface area (Å²) in [7, 11) is 0. The van der Waals surface area contributed by atoms with Gasteiger partial charge in [-0.15, -0.1) is 0 Å². The second-order valence-electron chi connectivity index (χ2n) is 5.55.